The van der Waals surface area contributed by atoms with Crippen LogP contribution in [-0.2, 0) is 22.6 Å². The molecular formula is C20H18Cl2N2O2. The third-order valence-electron chi connectivity index (χ3n) is 5.02. The van der Waals surface area contributed by atoms with Crippen LogP contribution in [0, 0.1) is 11.8 Å². The van der Waals surface area contributed by atoms with Gasteiger partial charge in [0, 0.05) is 28.8 Å². The molecule has 2 aromatic carbocycles. The molecule has 0 aromatic heterocycles. The van der Waals surface area contributed by atoms with Gasteiger partial charge in [-0.2, -0.15) is 0 Å². The highest BCUT2D eigenvalue weighted by Gasteiger charge is 2.49. The zero-order chi connectivity index (χ0) is 18.3. The van der Waals surface area contributed by atoms with E-state index >= 15 is 0 Å². The summed E-state index contributed by atoms with van der Waals surface area (Å²) in [6, 6.07) is 13.1. The van der Waals surface area contributed by atoms with E-state index in [0.717, 1.165) is 6.42 Å². The quantitative estimate of drug-likeness (QED) is 0.858. The number of rotatable bonds is 3. The summed E-state index contributed by atoms with van der Waals surface area (Å²) in [6.07, 6.45) is 1.46. The number of carbonyl (C=O) groups is 2. The zero-order valence-corrected chi connectivity index (χ0v) is 15.6. The highest BCUT2D eigenvalue weighted by atomic mass is 35.5. The van der Waals surface area contributed by atoms with Crippen molar-refractivity contribution in [3.05, 3.63) is 63.6 Å². The molecule has 1 heterocycles. The van der Waals surface area contributed by atoms with Gasteiger partial charge >= 0.3 is 0 Å². The van der Waals surface area contributed by atoms with Crippen LogP contribution in [0.15, 0.2) is 42.5 Å². The lowest BCUT2D eigenvalue weighted by molar-refractivity contribution is -0.135. The molecule has 1 aliphatic carbocycles. The Bertz CT molecular complexity index is 864. The minimum atomic E-state index is -0.280. The minimum absolute atomic E-state index is 0.0729. The summed E-state index contributed by atoms with van der Waals surface area (Å²) >= 11 is 11.9. The standard InChI is InChI=1S/C20H18Cl2N2O2/c21-14-7-15(22)9-16(8-14)23-19(25)17-10-18(17)20(26)24-6-5-12-3-1-2-4-13(12)11-24/h1-4,7-9,17-18H,5-6,10-11H2,(H,23,25). The summed E-state index contributed by atoms with van der Waals surface area (Å²) in [5.74, 6) is -0.588. The van der Waals surface area contributed by atoms with Gasteiger partial charge in [0.1, 0.15) is 0 Å². The molecule has 1 fully saturated rings. The smallest absolute Gasteiger partial charge is 0.228 e. The lowest BCUT2D eigenvalue weighted by Gasteiger charge is -2.29. The Morgan fingerprint density at radius 3 is 2.42 bits per heavy atom. The van der Waals surface area contributed by atoms with Crippen LogP contribution in [0.25, 0.3) is 0 Å². The van der Waals surface area contributed by atoms with Gasteiger partial charge in [-0.1, -0.05) is 47.5 Å². The van der Waals surface area contributed by atoms with Crippen LogP contribution in [0.1, 0.15) is 17.5 Å². The van der Waals surface area contributed by atoms with E-state index in [4.69, 9.17) is 23.2 Å². The fourth-order valence-corrected chi connectivity index (χ4v) is 4.06. The van der Waals surface area contributed by atoms with Crippen LogP contribution in [0.5, 0.6) is 0 Å². The van der Waals surface area contributed by atoms with Gasteiger partial charge in [-0.3, -0.25) is 9.59 Å². The highest BCUT2D eigenvalue weighted by molar-refractivity contribution is 6.35. The van der Waals surface area contributed by atoms with Crippen molar-refractivity contribution in [2.24, 2.45) is 11.8 Å². The van der Waals surface area contributed by atoms with Crippen LogP contribution >= 0.6 is 23.2 Å². The monoisotopic (exact) mass is 388 g/mol. The predicted molar refractivity (Wildman–Crippen MR) is 102 cm³/mol. The number of nitrogens with zero attached hydrogens (tertiary/aromatic N) is 1. The van der Waals surface area contributed by atoms with Gasteiger partial charge in [0.2, 0.25) is 11.8 Å². The SMILES string of the molecule is O=C(Nc1cc(Cl)cc(Cl)c1)C1CC1C(=O)N1CCc2ccccc2C1. The number of carbonyl (C=O) groups excluding carboxylic acids is 2. The van der Waals surface area contributed by atoms with Crippen molar-refractivity contribution < 1.29 is 9.59 Å². The van der Waals surface area contributed by atoms with E-state index in [0.29, 0.717) is 35.2 Å². The van der Waals surface area contributed by atoms with Gasteiger partial charge < -0.3 is 10.2 Å². The molecule has 2 atom stereocenters. The first-order valence-corrected chi connectivity index (χ1v) is 9.39. The van der Waals surface area contributed by atoms with Gasteiger partial charge in [-0.05, 0) is 42.2 Å². The summed E-state index contributed by atoms with van der Waals surface area (Å²) < 4.78 is 0. The van der Waals surface area contributed by atoms with Gasteiger partial charge in [0.15, 0.2) is 0 Å². The molecule has 0 bridgehead atoms. The maximum Gasteiger partial charge on any atom is 0.228 e. The molecular weight excluding hydrogens is 371 g/mol. The lowest BCUT2D eigenvalue weighted by Crippen LogP contribution is -2.37. The fraction of sp³-hybridized carbons (Fsp3) is 0.300. The maximum absolute atomic E-state index is 12.7. The number of hydrogen-bond acceptors (Lipinski definition) is 2. The van der Waals surface area contributed by atoms with Crippen molar-refractivity contribution in [2.75, 3.05) is 11.9 Å². The van der Waals surface area contributed by atoms with Crippen LogP contribution in [0.2, 0.25) is 10.0 Å². The number of halogens is 2. The average Bonchev–Trinajstić information content (AvgIpc) is 3.40. The molecule has 4 nitrogen and oxygen atoms in total. The summed E-state index contributed by atoms with van der Waals surface area (Å²) in [7, 11) is 0. The summed E-state index contributed by atoms with van der Waals surface area (Å²) in [4.78, 5) is 27.0. The normalized spacial score (nSPS) is 21.1. The van der Waals surface area contributed by atoms with Crippen molar-refractivity contribution in [3.8, 4) is 0 Å². The Morgan fingerprint density at radius 2 is 1.69 bits per heavy atom. The van der Waals surface area contributed by atoms with Crippen molar-refractivity contribution in [3.63, 3.8) is 0 Å². The molecule has 2 unspecified atom stereocenters. The predicted octanol–water partition coefficient (Wildman–Crippen LogP) is 4.15. The van der Waals surface area contributed by atoms with E-state index in [1.54, 1.807) is 18.2 Å². The Hall–Kier alpha value is -2.04. The van der Waals surface area contributed by atoms with Crippen molar-refractivity contribution in [1.29, 1.82) is 0 Å². The van der Waals surface area contributed by atoms with Crippen LogP contribution < -0.4 is 5.32 Å². The van der Waals surface area contributed by atoms with E-state index in [1.165, 1.54) is 11.1 Å². The van der Waals surface area contributed by atoms with Gasteiger partial charge in [-0.15, -0.1) is 0 Å². The molecule has 2 aliphatic rings. The summed E-state index contributed by atoms with van der Waals surface area (Å²) in [5.41, 5.74) is 3.05. The molecule has 1 saturated carbocycles. The van der Waals surface area contributed by atoms with Crippen LogP contribution in [0.3, 0.4) is 0 Å². The average molecular weight is 389 g/mol. The van der Waals surface area contributed by atoms with E-state index in [-0.39, 0.29) is 23.7 Å². The molecule has 26 heavy (non-hydrogen) atoms. The first kappa shape index (κ1) is 17.4. The number of anilines is 1. The number of amides is 2. The molecule has 1 aliphatic heterocycles. The second kappa shape index (κ2) is 6.93. The second-order valence-electron chi connectivity index (χ2n) is 6.87. The fourth-order valence-electron chi connectivity index (χ4n) is 3.54. The minimum Gasteiger partial charge on any atom is -0.338 e. The molecule has 134 valence electrons. The molecule has 0 radical (unpaired) electrons. The van der Waals surface area contributed by atoms with E-state index in [1.807, 2.05) is 17.0 Å². The van der Waals surface area contributed by atoms with Crippen molar-refractivity contribution >= 4 is 40.7 Å². The highest BCUT2D eigenvalue weighted by Crippen LogP contribution is 2.41. The van der Waals surface area contributed by atoms with Gasteiger partial charge in [0.05, 0.1) is 11.8 Å². The summed E-state index contributed by atoms with van der Waals surface area (Å²) in [5, 5.41) is 3.73. The second-order valence-corrected chi connectivity index (χ2v) is 7.75. The topological polar surface area (TPSA) is 49.4 Å². The number of hydrogen-bond donors (Lipinski definition) is 1. The largest absolute Gasteiger partial charge is 0.338 e. The van der Waals surface area contributed by atoms with Crippen LogP contribution in [-0.4, -0.2) is 23.3 Å². The van der Waals surface area contributed by atoms with E-state index in [2.05, 4.69) is 17.4 Å². The third-order valence-corrected chi connectivity index (χ3v) is 5.45. The molecule has 6 heteroatoms. The molecule has 0 saturated heterocycles. The first-order valence-electron chi connectivity index (χ1n) is 8.64. The number of fused-ring (bicyclic) bond motifs is 1. The third kappa shape index (κ3) is 3.57. The molecule has 2 amide bonds. The lowest BCUT2D eigenvalue weighted by atomic mass is 9.99. The molecule has 2 aromatic rings. The molecule has 4 rings (SSSR count). The Kier molecular flexibility index (Phi) is 4.63. The first-order chi connectivity index (χ1) is 12.5. The number of benzene rings is 2. The van der Waals surface area contributed by atoms with Crippen LogP contribution in [0.4, 0.5) is 5.69 Å². The molecule has 1 N–H and O–H groups in total. The number of nitrogens with one attached hydrogen (secondary N) is 1. The van der Waals surface area contributed by atoms with Gasteiger partial charge in [0.25, 0.3) is 0 Å². The van der Waals surface area contributed by atoms with Crippen molar-refractivity contribution in [1.82, 2.24) is 4.90 Å². The van der Waals surface area contributed by atoms with E-state index < -0.39 is 0 Å². The van der Waals surface area contributed by atoms with E-state index in [9.17, 15) is 9.59 Å². The zero-order valence-electron chi connectivity index (χ0n) is 14.0. The van der Waals surface area contributed by atoms with Gasteiger partial charge in [-0.25, -0.2) is 0 Å². The maximum atomic E-state index is 12.7. The Morgan fingerprint density at radius 1 is 1.00 bits per heavy atom. The Balaban J connectivity index is 1.37. The summed E-state index contributed by atoms with van der Waals surface area (Å²) in [6.45, 7) is 1.34. The van der Waals surface area contributed by atoms with Crippen molar-refractivity contribution in [2.45, 2.75) is 19.4 Å². The molecule has 0 spiro atoms. The Labute approximate surface area is 162 Å².